The lowest BCUT2D eigenvalue weighted by Gasteiger charge is -2.40. The lowest BCUT2D eigenvalue weighted by atomic mass is 9.71. The van der Waals surface area contributed by atoms with Crippen LogP contribution in [0.25, 0.3) is 0 Å². The average molecular weight is 376 g/mol. The van der Waals surface area contributed by atoms with Crippen LogP contribution in [0, 0.1) is 17.8 Å². The molecule has 0 bridgehead atoms. The van der Waals surface area contributed by atoms with Gasteiger partial charge in [-0.3, -0.25) is 0 Å². The minimum Gasteiger partial charge on any atom is -0.444 e. The lowest BCUT2D eigenvalue weighted by molar-refractivity contribution is -0.0184. The molecule has 6 heteroatoms. The summed E-state index contributed by atoms with van der Waals surface area (Å²) in [7, 11) is 0. The monoisotopic (exact) mass is 375 g/mol. The number of carbonyl (C=O) groups excluding carboxylic acids is 1. The summed E-state index contributed by atoms with van der Waals surface area (Å²) in [6.45, 7) is 10.2. The predicted molar refractivity (Wildman–Crippen MR) is 97.2 cm³/mol. The predicted octanol–water partition coefficient (Wildman–Crippen LogP) is 4.85. The van der Waals surface area contributed by atoms with Crippen LogP contribution in [-0.2, 0) is 4.74 Å². The van der Waals surface area contributed by atoms with Crippen molar-refractivity contribution in [3.8, 4) is 0 Å². The molecule has 0 aromatic rings. The maximum absolute atomic E-state index is 13.7. The molecule has 2 aliphatic rings. The van der Waals surface area contributed by atoms with Crippen molar-refractivity contribution >= 4 is 6.09 Å². The Balaban J connectivity index is 1.99. The Morgan fingerprint density at radius 3 is 2.15 bits per heavy atom. The van der Waals surface area contributed by atoms with Crippen molar-refractivity contribution in [3.63, 3.8) is 0 Å². The third-order valence-electron chi connectivity index (χ3n) is 5.58. The van der Waals surface area contributed by atoms with E-state index >= 15 is 0 Å². The van der Waals surface area contributed by atoms with Gasteiger partial charge in [-0.15, -0.1) is 0 Å². The quantitative estimate of drug-likeness (QED) is 0.764. The topological polar surface area (TPSA) is 49.8 Å². The number of carbonyl (C=O) groups is 1. The van der Waals surface area contributed by atoms with Crippen LogP contribution in [0.5, 0.6) is 0 Å². The van der Waals surface area contributed by atoms with E-state index in [9.17, 15) is 18.7 Å². The number of nitrogens with zero attached hydrogens (tertiary/aromatic N) is 1. The molecule has 0 radical (unpaired) electrons. The third kappa shape index (κ3) is 6.36. The third-order valence-corrected chi connectivity index (χ3v) is 5.58. The molecule has 2 rings (SSSR count). The van der Waals surface area contributed by atoms with E-state index in [0.717, 1.165) is 12.8 Å². The van der Waals surface area contributed by atoms with E-state index in [1.807, 2.05) is 20.8 Å². The average Bonchev–Trinajstić information content (AvgIpc) is 2.82. The first-order valence-corrected chi connectivity index (χ1v) is 9.84. The van der Waals surface area contributed by atoms with E-state index in [1.54, 1.807) is 18.7 Å². The van der Waals surface area contributed by atoms with E-state index in [1.165, 1.54) is 0 Å². The number of aliphatic hydroxyl groups is 1. The zero-order chi connectivity index (χ0) is 19.8. The smallest absolute Gasteiger partial charge is 0.410 e. The van der Waals surface area contributed by atoms with Crippen molar-refractivity contribution in [1.29, 1.82) is 0 Å². The van der Waals surface area contributed by atoms with Crippen LogP contribution in [0.2, 0.25) is 0 Å². The highest BCUT2D eigenvalue weighted by Crippen LogP contribution is 2.48. The molecule has 26 heavy (non-hydrogen) atoms. The molecule has 1 aliphatic heterocycles. The largest absolute Gasteiger partial charge is 0.444 e. The zero-order valence-electron chi connectivity index (χ0n) is 16.9. The molecular formula is C20H35F2NO3. The van der Waals surface area contributed by atoms with Crippen LogP contribution in [0.3, 0.4) is 0 Å². The Kier molecular flexibility index (Phi) is 6.26. The molecule has 1 amide bonds. The van der Waals surface area contributed by atoms with E-state index in [4.69, 9.17) is 4.74 Å². The molecule has 0 aromatic carbocycles. The van der Waals surface area contributed by atoms with Gasteiger partial charge in [-0.2, -0.15) is 0 Å². The summed E-state index contributed by atoms with van der Waals surface area (Å²) in [5, 5.41) is 10.3. The summed E-state index contributed by atoms with van der Waals surface area (Å²) < 4.78 is 32.9. The van der Waals surface area contributed by atoms with E-state index in [0.29, 0.717) is 25.9 Å². The molecule has 0 aromatic heterocycles. The second-order valence-corrected chi connectivity index (χ2v) is 9.84. The molecule has 0 spiro atoms. The summed E-state index contributed by atoms with van der Waals surface area (Å²) in [5.74, 6) is -2.28. The first-order chi connectivity index (χ1) is 11.8. The van der Waals surface area contributed by atoms with Crippen LogP contribution < -0.4 is 0 Å². The first kappa shape index (κ1) is 21.4. The Hall–Kier alpha value is -0.910. The number of hydrogen-bond donors (Lipinski definition) is 1. The first-order valence-electron chi connectivity index (χ1n) is 9.84. The fourth-order valence-corrected chi connectivity index (χ4v) is 4.48. The number of rotatable bonds is 4. The SMILES string of the molecule is CC(C)(O)CC(C1CCN(C(=O)OC(C)(C)C)CC1)C1CCC(F)(F)C1. The highest BCUT2D eigenvalue weighted by atomic mass is 19.3. The van der Waals surface area contributed by atoms with Gasteiger partial charge in [-0.1, -0.05) is 0 Å². The Bertz CT molecular complexity index is 488. The Morgan fingerprint density at radius 1 is 1.15 bits per heavy atom. The molecule has 1 heterocycles. The van der Waals surface area contributed by atoms with Crippen molar-refractivity contribution in [2.24, 2.45) is 17.8 Å². The van der Waals surface area contributed by atoms with Crippen LogP contribution in [0.1, 0.15) is 73.1 Å². The van der Waals surface area contributed by atoms with Crippen molar-refractivity contribution in [1.82, 2.24) is 4.90 Å². The number of hydrogen-bond acceptors (Lipinski definition) is 3. The molecule has 2 atom stereocenters. The van der Waals surface area contributed by atoms with Crippen molar-refractivity contribution in [2.75, 3.05) is 13.1 Å². The van der Waals surface area contributed by atoms with E-state index in [2.05, 4.69) is 0 Å². The van der Waals surface area contributed by atoms with E-state index < -0.39 is 17.1 Å². The van der Waals surface area contributed by atoms with Gasteiger partial charge in [0.05, 0.1) is 5.60 Å². The number of amides is 1. The number of halogens is 2. The molecular weight excluding hydrogens is 340 g/mol. The van der Waals surface area contributed by atoms with E-state index in [-0.39, 0.29) is 36.7 Å². The Labute approximate surface area is 156 Å². The van der Waals surface area contributed by atoms with Crippen LogP contribution in [-0.4, -0.2) is 46.3 Å². The van der Waals surface area contributed by atoms with Gasteiger partial charge in [-0.25, -0.2) is 13.6 Å². The minimum absolute atomic E-state index is 0.0449. The second kappa shape index (κ2) is 7.61. The van der Waals surface area contributed by atoms with Gasteiger partial charge >= 0.3 is 6.09 Å². The molecule has 1 N–H and O–H groups in total. The van der Waals surface area contributed by atoms with Crippen LogP contribution in [0.4, 0.5) is 13.6 Å². The second-order valence-electron chi connectivity index (χ2n) is 9.84. The van der Waals surface area contributed by atoms with Crippen LogP contribution >= 0.6 is 0 Å². The molecule has 2 unspecified atom stereocenters. The number of alkyl halides is 2. The standard InChI is InChI=1S/C20H35F2NO3/c1-18(2,3)26-17(24)23-10-7-14(8-11-23)16(13-19(4,5)25)15-6-9-20(21,22)12-15/h14-16,25H,6-13H2,1-5H3. The van der Waals surface area contributed by atoms with Gasteiger partial charge in [0, 0.05) is 25.9 Å². The number of piperidine rings is 1. The summed E-state index contributed by atoms with van der Waals surface area (Å²) in [6, 6.07) is 0. The van der Waals surface area contributed by atoms with Gasteiger partial charge < -0.3 is 14.7 Å². The van der Waals surface area contributed by atoms with Gasteiger partial charge in [0.1, 0.15) is 5.60 Å². The molecule has 1 aliphatic carbocycles. The number of likely N-dealkylation sites (tertiary alicyclic amines) is 1. The zero-order valence-corrected chi connectivity index (χ0v) is 16.9. The molecule has 2 fully saturated rings. The lowest BCUT2D eigenvalue weighted by Crippen LogP contribution is -2.44. The number of ether oxygens (including phenoxy) is 1. The van der Waals surface area contributed by atoms with Crippen molar-refractivity contribution in [3.05, 3.63) is 0 Å². The van der Waals surface area contributed by atoms with Crippen molar-refractivity contribution < 1.29 is 23.4 Å². The van der Waals surface area contributed by atoms with Crippen molar-refractivity contribution in [2.45, 2.75) is 90.3 Å². The molecule has 1 saturated carbocycles. The van der Waals surface area contributed by atoms with Gasteiger partial charge in [-0.05, 0) is 78.1 Å². The Morgan fingerprint density at radius 2 is 1.73 bits per heavy atom. The van der Waals surface area contributed by atoms with Gasteiger partial charge in [0.15, 0.2) is 0 Å². The molecule has 1 saturated heterocycles. The fraction of sp³-hybridized carbons (Fsp3) is 0.950. The van der Waals surface area contributed by atoms with Crippen LogP contribution in [0.15, 0.2) is 0 Å². The maximum atomic E-state index is 13.7. The summed E-state index contributed by atoms with van der Waals surface area (Å²) >= 11 is 0. The summed E-state index contributed by atoms with van der Waals surface area (Å²) in [5.41, 5.74) is -1.39. The summed E-state index contributed by atoms with van der Waals surface area (Å²) in [4.78, 5) is 13.9. The normalized spacial score (nSPS) is 26.0. The molecule has 152 valence electrons. The highest BCUT2D eigenvalue weighted by molar-refractivity contribution is 5.68. The van der Waals surface area contributed by atoms with Gasteiger partial charge in [0.25, 0.3) is 0 Å². The fourth-order valence-electron chi connectivity index (χ4n) is 4.48. The summed E-state index contributed by atoms with van der Waals surface area (Å²) in [6.07, 6.45) is 2.20. The maximum Gasteiger partial charge on any atom is 0.410 e. The minimum atomic E-state index is -2.57. The molecule has 4 nitrogen and oxygen atoms in total. The highest BCUT2D eigenvalue weighted by Gasteiger charge is 2.46. The van der Waals surface area contributed by atoms with Gasteiger partial charge in [0.2, 0.25) is 5.92 Å².